The summed E-state index contributed by atoms with van der Waals surface area (Å²) in [5.41, 5.74) is 23.5. The summed E-state index contributed by atoms with van der Waals surface area (Å²) in [6.45, 7) is 0. The average Bonchev–Trinajstić information content (AvgIpc) is 3.51. The second-order valence-corrected chi connectivity index (χ2v) is 10.6. The second-order valence-electron chi connectivity index (χ2n) is 10.6. The van der Waals surface area contributed by atoms with Crippen LogP contribution in [0.15, 0.2) is 164 Å². The summed E-state index contributed by atoms with van der Waals surface area (Å²) in [6, 6.07) is 50.5. The summed E-state index contributed by atoms with van der Waals surface area (Å²) in [7, 11) is 0. The highest BCUT2D eigenvalue weighted by atomic mass is 15.0. The van der Waals surface area contributed by atoms with Crippen LogP contribution >= 0.6 is 0 Å². The summed E-state index contributed by atoms with van der Waals surface area (Å²) in [4.78, 5) is 0. The van der Waals surface area contributed by atoms with Gasteiger partial charge in [0.05, 0.1) is 5.52 Å². The van der Waals surface area contributed by atoms with E-state index in [1.54, 1.807) is 6.20 Å². The molecule has 43 heavy (non-hydrogen) atoms. The first-order chi connectivity index (χ1) is 21.2. The molecule has 0 atom stereocenters. The third-order valence-electron chi connectivity index (χ3n) is 8.07. The highest BCUT2D eigenvalue weighted by Gasteiger charge is 2.16. The number of para-hydroxylation sites is 1. The molecule has 0 radical (unpaired) electrons. The minimum Gasteiger partial charge on any atom is -0.404 e. The van der Waals surface area contributed by atoms with Crippen molar-refractivity contribution in [2.45, 2.75) is 0 Å². The Morgan fingerprint density at radius 3 is 1.95 bits per heavy atom. The molecule has 0 amide bonds. The number of benzene rings is 6. The van der Waals surface area contributed by atoms with Gasteiger partial charge in [-0.1, -0.05) is 109 Å². The molecule has 0 fully saturated rings. The summed E-state index contributed by atoms with van der Waals surface area (Å²) in [5.74, 6) is 0. The molecule has 0 saturated carbocycles. The molecule has 0 unspecified atom stereocenters. The summed E-state index contributed by atoms with van der Waals surface area (Å²) < 4.78 is 2.22. The predicted molar refractivity (Wildman–Crippen MR) is 183 cm³/mol. The number of rotatable bonds is 6. The Hall–Kier alpha value is -5.80. The molecule has 206 valence electrons. The fourth-order valence-electron chi connectivity index (χ4n) is 5.96. The van der Waals surface area contributed by atoms with E-state index < -0.39 is 0 Å². The minimum absolute atomic E-state index is 0.741. The number of fused-ring (bicyclic) bond motifs is 3. The minimum atomic E-state index is 0.741. The maximum absolute atomic E-state index is 6.90. The molecule has 3 heteroatoms. The number of nitrogen functional groups attached to an aromatic ring is 1. The van der Waals surface area contributed by atoms with Crippen molar-refractivity contribution < 1.29 is 0 Å². The quantitative estimate of drug-likeness (QED) is 0.159. The highest BCUT2D eigenvalue weighted by molar-refractivity contribution is 6.10. The van der Waals surface area contributed by atoms with E-state index in [-0.39, 0.29) is 0 Å². The number of anilines is 1. The summed E-state index contributed by atoms with van der Waals surface area (Å²) in [6.07, 6.45) is 5.99. The first kappa shape index (κ1) is 26.1. The number of allylic oxidation sites excluding steroid dienone is 2. The molecule has 0 aliphatic rings. The number of hydrogen-bond donors (Lipinski definition) is 2. The van der Waals surface area contributed by atoms with Crippen LogP contribution in [0, 0.1) is 0 Å². The molecule has 1 aromatic heterocycles. The molecule has 0 aliphatic carbocycles. The Labute approximate surface area is 251 Å². The lowest BCUT2D eigenvalue weighted by Gasteiger charge is -2.17. The van der Waals surface area contributed by atoms with Gasteiger partial charge >= 0.3 is 0 Å². The molecular formula is C40H31N3. The van der Waals surface area contributed by atoms with E-state index in [9.17, 15) is 0 Å². The topological polar surface area (TPSA) is 57.0 Å². The molecule has 0 spiro atoms. The van der Waals surface area contributed by atoms with Crippen molar-refractivity contribution in [3.8, 4) is 16.8 Å². The van der Waals surface area contributed by atoms with Gasteiger partial charge in [0, 0.05) is 34.7 Å². The third kappa shape index (κ3) is 4.87. The van der Waals surface area contributed by atoms with Crippen molar-refractivity contribution in [3.05, 3.63) is 181 Å². The fourth-order valence-corrected chi connectivity index (χ4v) is 5.96. The van der Waals surface area contributed by atoms with Crippen molar-refractivity contribution in [3.63, 3.8) is 0 Å². The second kappa shape index (κ2) is 11.2. The van der Waals surface area contributed by atoms with Gasteiger partial charge in [-0.2, -0.15) is 0 Å². The smallest absolute Gasteiger partial charge is 0.0534 e. The van der Waals surface area contributed by atoms with Crippen LogP contribution in [0.1, 0.15) is 16.7 Å². The number of nitrogens with two attached hydrogens (primary N) is 2. The lowest BCUT2D eigenvalue weighted by Crippen LogP contribution is -1.97. The Balaban J connectivity index is 1.40. The van der Waals surface area contributed by atoms with Crippen LogP contribution < -0.4 is 11.5 Å². The van der Waals surface area contributed by atoms with Gasteiger partial charge in [0.15, 0.2) is 0 Å². The fraction of sp³-hybridized carbons (Fsp3) is 0. The van der Waals surface area contributed by atoms with Gasteiger partial charge in [0.1, 0.15) is 0 Å². The van der Waals surface area contributed by atoms with E-state index in [1.165, 1.54) is 5.39 Å². The van der Waals surface area contributed by atoms with Crippen molar-refractivity contribution in [1.29, 1.82) is 0 Å². The average molecular weight is 554 g/mol. The SMILES string of the molecule is N/C=C(\C=C(c1ccccc1)c1ccccc1-c1cc2ccc3c(ccn3-c3ccccc3)c2cc1N)c1ccccc1. The van der Waals surface area contributed by atoms with Crippen molar-refractivity contribution >= 4 is 38.5 Å². The molecule has 0 aliphatic heterocycles. The van der Waals surface area contributed by atoms with Crippen LogP contribution in [0.25, 0.3) is 49.6 Å². The first-order valence-electron chi connectivity index (χ1n) is 14.4. The zero-order valence-electron chi connectivity index (χ0n) is 23.7. The molecule has 3 nitrogen and oxygen atoms in total. The predicted octanol–water partition coefficient (Wildman–Crippen LogP) is 9.46. The van der Waals surface area contributed by atoms with Crippen molar-refractivity contribution in [2.75, 3.05) is 5.73 Å². The van der Waals surface area contributed by atoms with E-state index >= 15 is 0 Å². The van der Waals surface area contributed by atoms with E-state index in [1.807, 2.05) is 30.3 Å². The molecule has 0 saturated heterocycles. The van der Waals surface area contributed by atoms with E-state index in [0.29, 0.717) is 0 Å². The number of nitrogens with zero attached hydrogens (tertiary/aromatic N) is 1. The van der Waals surface area contributed by atoms with Gasteiger partial charge in [-0.3, -0.25) is 0 Å². The van der Waals surface area contributed by atoms with Crippen LogP contribution in [0.5, 0.6) is 0 Å². The van der Waals surface area contributed by atoms with E-state index in [0.717, 1.165) is 66.6 Å². The Bertz CT molecular complexity index is 2120. The van der Waals surface area contributed by atoms with Crippen LogP contribution in [-0.2, 0) is 0 Å². The van der Waals surface area contributed by atoms with Crippen LogP contribution in [0.2, 0.25) is 0 Å². The van der Waals surface area contributed by atoms with Crippen molar-refractivity contribution in [2.24, 2.45) is 5.73 Å². The van der Waals surface area contributed by atoms with Crippen molar-refractivity contribution in [1.82, 2.24) is 4.57 Å². The van der Waals surface area contributed by atoms with Gasteiger partial charge in [-0.05, 0) is 86.6 Å². The zero-order valence-corrected chi connectivity index (χ0v) is 23.7. The summed E-state index contributed by atoms with van der Waals surface area (Å²) in [5, 5.41) is 3.47. The highest BCUT2D eigenvalue weighted by Crippen LogP contribution is 2.40. The largest absolute Gasteiger partial charge is 0.404 e. The molecular weight excluding hydrogens is 522 g/mol. The van der Waals surface area contributed by atoms with Crippen LogP contribution in [0.3, 0.4) is 0 Å². The lowest BCUT2D eigenvalue weighted by atomic mass is 9.87. The Morgan fingerprint density at radius 2 is 1.23 bits per heavy atom. The van der Waals surface area contributed by atoms with E-state index in [4.69, 9.17) is 11.5 Å². The third-order valence-corrected chi connectivity index (χ3v) is 8.07. The van der Waals surface area contributed by atoms with Crippen LogP contribution in [-0.4, -0.2) is 4.57 Å². The maximum atomic E-state index is 6.90. The number of aromatic nitrogens is 1. The van der Waals surface area contributed by atoms with E-state index in [2.05, 4.69) is 132 Å². The summed E-state index contributed by atoms with van der Waals surface area (Å²) >= 11 is 0. The normalized spacial score (nSPS) is 12.2. The monoisotopic (exact) mass is 553 g/mol. The van der Waals surface area contributed by atoms with Crippen LogP contribution in [0.4, 0.5) is 5.69 Å². The molecule has 6 aromatic carbocycles. The Kier molecular flexibility index (Phi) is 6.82. The van der Waals surface area contributed by atoms with Gasteiger partial charge in [-0.25, -0.2) is 0 Å². The molecule has 7 rings (SSSR count). The van der Waals surface area contributed by atoms with Gasteiger partial charge in [-0.15, -0.1) is 0 Å². The van der Waals surface area contributed by atoms with Gasteiger partial charge in [0.2, 0.25) is 0 Å². The van der Waals surface area contributed by atoms with Gasteiger partial charge in [0.25, 0.3) is 0 Å². The molecule has 1 heterocycles. The number of hydrogen-bond acceptors (Lipinski definition) is 2. The standard InChI is InChI=1S/C40H31N3/c41-27-31(28-12-4-1-5-13-28)25-36(29-14-6-2-7-15-29)33-18-10-11-19-34(33)38-24-30-20-21-40-35(37(30)26-39(38)42)22-23-43(40)32-16-8-3-9-17-32/h1-27H,41-42H2/b31-27+,36-25?. The molecule has 7 aromatic rings. The van der Waals surface area contributed by atoms with Gasteiger partial charge < -0.3 is 16.0 Å². The first-order valence-corrected chi connectivity index (χ1v) is 14.4. The molecule has 0 bridgehead atoms. The Morgan fingerprint density at radius 1 is 0.581 bits per heavy atom. The maximum Gasteiger partial charge on any atom is 0.0534 e. The zero-order chi connectivity index (χ0) is 29.2. The lowest BCUT2D eigenvalue weighted by molar-refractivity contribution is 1.13. The molecule has 4 N–H and O–H groups in total.